The fourth-order valence-electron chi connectivity index (χ4n) is 2.41. The van der Waals surface area contributed by atoms with Gasteiger partial charge in [-0.05, 0) is 37.1 Å². The van der Waals surface area contributed by atoms with E-state index in [4.69, 9.17) is 0 Å². The van der Waals surface area contributed by atoms with Gasteiger partial charge in [-0.3, -0.25) is 0 Å². The molecule has 2 atom stereocenters. The summed E-state index contributed by atoms with van der Waals surface area (Å²) in [6.45, 7) is 3.93. The Labute approximate surface area is 125 Å². The van der Waals surface area contributed by atoms with Crippen molar-refractivity contribution in [2.75, 3.05) is 11.9 Å². The van der Waals surface area contributed by atoms with Gasteiger partial charge in [0.05, 0.1) is 12.1 Å². The summed E-state index contributed by atoms with van der Waals surface area (Å²) in [7, 11) is 1.95. The lowest BCUT2D eigenvalue weighted by atomic mass is 10.0. The van der Waals surface area contributed by atoms with Crippen LogP contribution in [0.4, 0.5) is 10.1 Å². The van der Waals surface area contributed by atoms with Crippen molar-refractivity contribution in [1.82, 2.24) is 0 Å². The van der Waals surface area contributed by atoms with Crippen LogP contribution in [0, 0.1) is 5.82 Å². The quantitative estimate of drug-likeness (QED) is 0.877. The van der Waals surface area contributed by atoms with Crippen molar-refractivity contribution in [3.05, 3.63) is 65.5 Å². The summed E-state index contributed by atoms with van der Waals surface area (Å²) in [6, 6.07) is 14.6. The maximum Gasteiger partial charge on any atom is 0.128 e. The molecular weight excluding hydrogens is 265 g/mol. The van der Waals surface area contributed by atoms with Crippen LogP contribution in [0.25, 0.3) is 0 Å². The second-order valence-corrected chi connectivity index (χ2v) is 5.32. The molecule has 112 valence electrons. The monoisotopic (exact) mass is 287 g/mol. The zero-order valence-corrected chi connectivity index (χ0v) is 12.8. The number of benzene rings is 2. The zero-order chi connectivity index (χ0) is 15.4. The van der Waals surface area contributed by atoms with E-state index in [1.54, 1.807) is 6.07 Å². The second-order valence-electron chi connectivity index (χ2n) is 5.32. The molecule has 2 aromatic carbocycles. The van der Waals surface area contributed by atoms with Crippen LogP contribution in [0.3, 0.4) is 0 Å². The predicted octanol–water partition coefficient (Wildman–Crippen LogP) is 4.47. The summed E-state index contributed by atoms with van der Waals surface area (Å²) in [5.41, 5.74) is 2.59. The first-order chi connectivity index (χ1) is 10.0. The molecule has 0 fully saturated rings. The third-order valence-electron chi connectivity index (χ3n) is 4.01. The summed E-state index contributed by atoms with van der Waals surface area (Å²) >= 11 is 0. The molecule has 0 radical (unpaired) electrons. The van der Waals surface area contributed by atoms with Crippen molar-refractivity contribution in [2.24, 2.45) is 0 Å². The molecule has 0 spiro atoms. The van der Waals surface area contributed by atoms with Crippen LogP contribution in [0.15, 0.2) is 48.5 Å². The molecule has 2 aromatic rings. The van der Waals surface area contributed by atoms with Crippen LogP contribution < -0.4 is 4.90 Å². The molecule has 2 nitrogen and oxygen atoms in total. The highest BCUT2D eigenvalue weighted by atomic mass is 19.1. The molecule has 0 aliphatic rings. The summed E-state index contributed by atoms with van der Waals surface area (Å²) in [6.07, 6.45) is 0.272. The van der Waals surface area contributed by atoms with Gasteiger partial charge in [0, 0.05) is 18.3 Å². The minimum Gasteiger partial charge on any atom is -0.388 e. The third kappa shape index (κ3) is 3.42. The Morgan fingerprint density at radius 1 is 1.10 bits per heavy atom. The molecule has 0 aliphatic heterocycles. The van der Waals surface area contributed by atoms with Crippen LogP contribution in [-0.4, -0.2) is 12.2 Å². The number of nitrogens with zero attached hydrogens (tertiary/aromatic N) is 1. The first-order valence-corrected chi connectivity index (χ1v) is 7.29. The predicted molar refractivity (Wildman–Crippen MR) is 84.9 cm³/mol. The lowest BCUT2D eigenvalue weighted by Crippen LogP contribution is -2.22. The van der Waals surface area contributed by atoms with Crippen molar-refractivity contribution in [2.45, 2.75) is 32.4 Å². The highest BCUT2D eigenvalue weighted by Gasteiger charge is 2.16. The minimum atomic E-state index is -0.423. The topological polar surface area (TPSA) is 23.5 Å². The second kappa shape index (κ2) is 6.72. The van der Waals surface area contributed by atoms with Crippen LogP contribution in [0.1, 0.15) is 43.5 Å². The molecule has 0 saturated heterocycles. The Bertz CT molecular complexity index is 582. The first-order valence-electron chi connectivity index (χ1n) is 7.29. The molecule has 1 unspecified atom stereocenters. The maximum atomic E-state index is 13.9. The van der Waals surface area contributed by atoms with Crippen LogP contribution in [-0.2, 0) is 0 Å². The fourth-order valence-corrected chi connectivity index (χ4v) is 2.41. The van der Waals surface area contributed by atoms with Gasteiger partial charge in [0.2, 0.25) is 0 Å². The Morgan fingerprint density at radius 2 is 1.71 bits per heavy atom. The molecule has 0 saturated carbocycles. The average Bonchev–Trinajstić information content (AvgIpc) is 2.53. The normalized spacial score (nSPS) is 13.8. The summed E-state index contributed by atoms with van der Waals surface area (Å²) in [4.78, 5) is 2.03. The number of aliphatic hydroxyl groups is 1. The Balaban J connectivity index is 2.20. The van der Waals surface area contributed by atoms with E-state index in [1.165, 1.54) is 6.07 Å². The lowest BCUT2D eigenvalue weighted by molar-refractivity contribution is 0.173. The van der Waals surface area contributed by atoms with E-state index >= 15 is 0 Å². The van der Waals surface area contributed by atoms with Crippen molar-refractivity contribution < 1.29 is 9.50 Å². The molecule has 0 amide bonds. The highest BCUT2D eigenvalue weighted by molar-refractivity contribution is 5.49. The Hall–Kier alpha value is -1.87. The van der Waals surface area contributed by atoms with Gasteiger partial charge in [-0.15, -0.1) is 0 Å². The van der Waals surface area contributed by atoms with E-state index in [-0.39, 0.29) is 11.9 Å². The molecule has 0 heterocycles. The van der Waals surface area contributed by atoms with E-state index in [2.05, 4.69) is 0 Å². The summed E-state index contributed by atoms with van der Waals surface area (Å²) < 4.78 is 13.9. The van der Waals surface area contributed by atoms with Crippen LogP contribution in [0.2, 0.25) is 0 Å². The number of hydrogen-bond donors (Lipinski definition) is 1. The van der Waals surface area contributed by atoms with E-state index in [1.807, 2.05) is 62.2 Å². The smallest absolute Gasteiger partial charge is 0.128 e. The van der Waals surface area contributed by atoms with Crippen molar-refractivity contribution in [3.63, 3.8) is 0 Å². The minimum absolute atomic E-state index is 0.0619. The van der Waals surface area contributed by atoms with E-state index in [0.717, 1.165) is 11.3 Å². The lowest BCUT2D eigenvalue weighted by Gasteiger charge is -2.28. The average molecular weight is 287 g/mol. The number of rotatable bonds is 5. The zero-order valence-electron chi connectivity index (χ0n) is 12.8. The van der Waals surface area contributed by atoms with Gasteiger partial charge >= 0.3 is 0 Å². The molecule has 0 aliphatic carbocycles. The summed E-state index contributed by atoms with van der Waals surface area (Å²) in [5.74, 6) is -0.185. The van der Waals surface area contributed by atoms with Gasteiger partial charge in [0.15, 0.2) is 0 Å². The highest BCUT2D eigenvalue weighted by Crippen LogP contribution is 2.28. The Kier molecular flexibility index (Phi) is 4.97. The largest absolute Gasteiger partial charge is 0.388 e. The van der Waals surface area contributed by atoms with E-state index in [9.17, 15) is 9.50 Å². The van der Waals surface area contributed by atoms with Crippen molar-refractivity contribution >= 4 is 5.69 Å². The van der Waals surface area contributed by atoms with Crippen molar-refractivity contribution in [1.29, 1.82) is 0 Å². The van der Waals surface area contributed by atoms with Gasteiger partial charge in [-0.1, -0.05) is 37.3 Å². The van der Waals surface area contributed by atoms with Gasteiger partial charge in [-0.25, -0.2) is 4.39 Å². The number of anilines is 1. The molecule has 1 N–H and O–H groups in total. The van der Waals surface area contributed by atoms with E-state index in [0.29, 0.717) is 12.0 Å². The molecule has 21 heavy (non-hydrogen) atoms. The maximum absolute atomic E-state index is 13.9. The number of halogens is 1. The standard InChI is InChI=1S/C18H22FNO/c1-4-18(21)14-9-11-15(12-10-14)20(3)13(2)16-7-5-6-8-17(16)19/h5-13,18,21H,4H2,1-3H3/t13?,18-/m1/s1. The molecule has 0 aromatic heterocycles. The molecule has 2 rings (SSSR count). The first kappa shape index (κ1) is 15.5. The van der Waals surface area contributed by atoms with Gasteiger partial charge in [0.1, 0.15) is 5.82 Å². The van der Waals surface area contributed by atoms with E-state index < -0.39 is 6.10 Å². The summed E-state index contributed by atoms with van der Waals surface area (Å²) in [5, 5.41) is 9.82. The number of aliphatic hydroxyl groups excluding tert-OH is 1. The van der Waals surface area contributed by atoms with Gasteiger partial charge in [0.25, 0.3) is 0 Å². The SMILES string of the molecule is CC[C@@H](O)c1ccc(N(C)C(C)c2ccccc2F)cc1. The van der Waals surface area contributed by atoms with Crippen LogP contribution >= 0.6 is 0 Å². The van der Waals surface area contributed by atoms with Gasteiger partial charge in [-0.2, -0.15) is 0 Å². The number of hydrogen-bond acceptors (Lipinski definition) is 2. The Morgan fingerprint density at radius 3 is 2.29 bits per heavy atom. The molecule has 0 bridgehead atoms. The fraction of sp³-hybridized carbons (Fsp3) is 0.333. The van der Waals surface area contributed by atoms with Gasteiger partial charge < -0.3 is 10.0 Å². The third-order valence-corrected chi connectivity index (χ3v) is 4.01. The molecular formula is C18H22FNO. The van der Waals surface area contributed by atoms with Crippen molar-refractivity contribution in [3.8, 4) is 0 Å². The van der Waals surface area contributed by atoms with Crippen LogP contribution in [0.5, 0.6) is 0 Å². The molecule has 3 heteroatoms.